The van der Waals surface area contributed by atoms with Crippen LogP contribution in [-0.2, 0) is 0 Å². The molecule has 0 atom stereocenters. The predicted molar refractivity (Wildman–Crippen MR) is 192 cm³/mol. The van der Waals surface area contributed by atoms with Gasteiger partial charge in [0.25, 0.3) is 0 Å². The lowest BCUT2D eigenvalue weighted by Crippen LogP contribution is -1.95. The van der Waals surface area contributed by atoms with E-state index in [1.165, 1.54) is 102 Å². The van der Waals surface area contributed by atoms with Gasteiger partial charge in [0.2, 0.25) is 0 Å². The lowest BCUT2D eigenvalue weighted by molar-refractivity contribution is 1.19. The van der Waals surface area contributed by atoms with Gasteiger partial charge in [-0.2, -0.15) is 0 Å². The summed E-state index contributed by atoms with van der Waals surface area (Å²) >= 11 is 1.89. The first kappa shape index (κ1) is 23.1. The van der Waals surface area contributed by atoms with Crippen molar-refractivity contribution < 1.29 is 0 Å². The Morgan fingerprint density at radius 2 is 0.886 bits per heavy atom. The maximum Gasteiger partial charge on any atom is 0.0548 e. The Morgan fingerprint density at radius 3 is 1.61 bits per heavy atom. The van der Waals surface area contributed by atoms with Gasteiger partial charge < -0.3 is 4.57 Å². The van der Waals surface area contributed by atoms with Gasteiger partial charge in [0.1, 0.15) is 0 Å². The Hall–Kier alpha value is -5.44. The summed E-state index contributed by atoms with van der Waals surface area (Å²) < 4.78 is 5.16. The SMILES string of the molecule is c1ccc2c(c1)sc1cc3c4ccccc4n(-c4ccc5c(c4)c4cccc6c7ccccc7c7cccc5c7c64)c3cc12. The second-order valence-corrected chi connectivity index (χ2v) is 13.1. The highest BCUT2D eigenvalue weighted by Gasteiger charge is 2.19. The Morgan fingerprint density at radius 1 is 0.318 bits per heavy atom. The third kappa shape index (κ3) is 2.80. The van der Waals surface area contributed by atoms with Crippen LogP contribution in [0.5, 0.6) is 0 Å². The number of rotatable bonds is 1. The smallest absolute Gasteiger partial charge is 0.0548 e. The summed E-state index contributed by atoms with van der Waals surface area (Å²) in [6.07, 6.45) is 0. The average Bonchev–Trinajstić information content (AvgIpc) is 3.61. The number of benzene rings is 9. The summed E-state index contributed by atoms with van der Waals surface area (Å²) in [6.45, 7) is 0. The molecule has 2 heteroatoms. The number of fused-ring (bicyclic) bond motifs is 12. The van der Waals surface area contributed by atoms with Crippen molar-refractivity contribution in [3.8, 4) is 5.69 Å². The summed E-state index contributed by atoms with van der Waals surface area (Å²) in [5.41, 5.74) is 3.69. The molecule has 0 aliphatic carbocycles. The first-order valence-electron chi connectivity index (χ1n) is 15.2. The largest absolute Gasteiger partial charge is 0.309 e. The van der Waals surface area contributed by atoms with Gasteiger partial charge in [0.15, 0.2) is 0 Å². The van der Waals surface area contributed by atoms with Gasteiger partial charge in [-0.1, -0.05) is 103 Å². The molecule has 0 aliphatic rings. The Bertz CT molecular complexity index is 2990. The third-order valence-electron chi connectivity index (χ3n) is 9.90. The topological polar surface area (TPSA) is 4.93 Å². The van der Waals surface area contributed by atoms with Crippen molar-refractivity contribution in [1.29, 1.82) is 0 Å². The minimum absolute atomic E-state index is 1.20. The van der Waals surface area contributed by atoms with E-state index in [-0.39, 0.29) is 0 Å². The van der Waals surface area contributed by atoms with Crippen LogP contribution in [0.4, 0.5) is 0 Å². The summed E-state index contributed by atoms with van der Waals surface area (Å²) in [7, 11) is 0. The Kier molecular flexibility index (Phi) is 4.26. The molecule has 44 heavy (non-hydrogen) atoms. The molecule has 11 rings (SSSR count). The molecule has 0 fully saturated rings. The number of hydrogen-bond donors (Lipinski definition) is 0. The number of hydrogen-bond acceptors (Lipinski definition) is 1. The molecule has 9 aromatic carbocycles. The Labute approximate surface area is 256 Å². The van der Waals surface area contributed by atoms with Crippen LogP contribution in [0.3, 0.4) is 0 Å². The van der Waals surface area contributed by atoms with Crippen molar-refractivity contribution in [2.45, 2.75) is 0 Å². The maximum absolute atomic E-state index is 2.48. The van der Waals surface area contributed by atoms with E-state index in [2.05, 4.69) is 144 Å². The summed E-state index contributed by atoms with van der Waals surface area (Å²) in [4.78, 5) is 0. The van der Waals surface area contributed by atoms with Crippen molar-refractivity contribution in [2.24, 2.45) is 0 Å². The highest BCUT2D eigenvalue weighted by atomic mass is 32.1. The molecule has 0 unspecified atom stereocenters. The van der Waals surface area contributed by atoms with Crippen LogP contribution in [0.15, 0.2) is 140 Å². The van der Waals surface area contributed by atoms with Crippen molar-refractivity contribution in [1.82, 2.24) is 4.57 Å². The van der Waals surface area contributed by atoms with Crippen LogP contribution >= 0.6 is 11.3 Å². The van der Waals surface area contributed by atoms with Gasteiger partial charge >= 0.3 is 0 Å². The average molecular weight is 574 g/mol. The van der Waals surface area contributed by atoms with Gasteiger partial charge in [0.05, 0.1) is 11.0 Å². The third-order valence-corrected chi connectivity index (χ3v) is 11.0. The first-order chi connectivity index (χ1) is 21.8. The second-order valence-electron chi connectivity index (χ2n) is 12.0. The number of aromatic nitrogens is 1. The molecule has 2 aromatic heterocycles. The molecule has 202 valence electrons. The van der Waals surface area contributed by atoms with E-state index < -0.39 is 0 Å². The highest BCUT2D eigenvalue weighted by molar-refractivity contribution is 7.25. The van der Waals surface area contributed by atoms with E-state index in [1.54, 1.807) is 0 Å². The highest BCUT2D eigenvalue weighted by Crippen LogP contribution is 2.46. The maximum atomic E-state index is 2.48. The van der Waals surface area contributed by atoms with E-state index >= 15 is 0 Å². The van der Waals surface area contributed by atoms with E-state index in [9.17, 15) is 0 Å². The molecule has 0 bridgehead atoms. The molecule has 1 nitrogen and oxygen atoms in total. The molecular formula is C42H23NS. The normalized spacial score (nSPS) is 12.5. The minimum atomic E-state index is 1.20. The molecule has 0 saturated carbocycles. The fourth-order valence-electron chi connectivity index (χ4n) is 8.09. The zero-order valence-electron chi connectivity index (χ0n) is 23.6. The summed E-state index contributed by atoms with van der Waals surface area (Å²) in [5, 5.41) is 18.6. The summed E-state index contributed by atoms with van der Waals surface area (Å²) in [6, 6.07) is 52.2. The summed E-state index contributed by atoms with van der Waals surface area (Å²) in [5.74, 6) is 0. The molecule has 2 heterocycles. The molecule has 0 amide bonds. The molecule has 0 aliphatic heterocycles. The lowest BCUT2D eigenvalue weighted by atomic mass is 9.86. The van der Waals surface area contributed by atoms with Crippen molar-refractivity contribution in [3.63, 3.8) is 0 Å². The van der Waals surface area contributed by atoms with E-state index in [0.717, 1.165) is 0 Å². The van der Waals surface area contributed by atoms with Crippen molar-refractivity contribution in [2.75, 3.05) is 0 Å². The van der Waals surface area contributed by atoms with Crippen LogP contribution in [0.25, 0.3) is 102 Å². The molecule has 0 radical (unpaired) electrons. The van der Waals surface area contributed by atoms with Crippen molar-refractivity contribution in [3.05, 3.63) is 140 Å². The molecule has 0 N–H and O–H groups in total. The van der Waals surface area contributed by atoms with Crippen LogP contribution < -0.4 is 0 Å². The predicted octanol–water partition coefficient (Wildman–Crippen LogP) is 12.4. The standard InChI is InChI=1S/C42H23NS/c1-2-10-26-25(9-1)30-13-7-15-32-27-20-19-24(21-34(27)33-16-8-14-31(26)42(33)41(30)32)43-37-17-5-3-11-28(37)35-23-40-36(22-38(35)43)29-12-4-6-18-39(29)44-40/h1-23H. The number of nitrogens with zero attached hydrogens (tertiary/aromatic N) is 1. The molecule has 11 aromatic rings. The quantitative estimate of drug-likeness (QED) is 0.136. The fraction of sp³-hybridized carbons (Fsp3) is 0. The van der Waals surface area contributed by atoms with Gasteiger partial charge in [0, 0.05) is 36.6 Å². The number of thiophene rings is 1. The lowest BCUT2D eigenvalue weighted by Gasteiger charge is -2.18. The molecular weight excluding hydrogens is 551 g/mol. The fourth-order valence-corrected chi connectivity index (χ4v) is 9.22. The zero-order valence-corrected chi connectivity index (χ0v) is 24.5. The van der Waals surface area contributed by atoms with Crippen LogP contribution in [0, 0.1) is 0 Å². The van der Waals surface area contributed by atoms with Crippen LogP contribution in [-0.4, -0.2) is 4.57 Å². The zero-order chi connectivity index (χ0) is 28.5. The number of para-hydroxylation sites is 1. The van der Waals surface area contributed by atoms with E-state index in [1.807, 2.05) is 11.3 Å². The van der Waals surface area contributed by atoms with Gasteiger partial charge in [-0.05, 0) is 90.3 Å². The van der Waals surface area contributed by atoms with E-state index in [0.29, 0.717) is 0 Å². The monoisotopic (exact) mass is 573 g/mol. The van der Waals surface area contributed by atoms with Gasteiger partial charge in [-0.25, -0.2) is 0 Å². The molecule has 0 saturated heterocycles. The van der Waals surface area contributed by atoms with Crippen LogP contribution in [0.1, 0.15) is 0 Å². The molecule has 0 spiro atoms. The van der Waals surface area contributed by atoms with E-state index in [4.69, 9.17) is 0 Å². The minimum Gasteiger partial charge on any atom is -0.309 e. The Balaban J connectivity index is 1.31. The van der Waals surface area contributed by atoms with Crippen molar-refractivity contribution >= 4 is 107 Å². The van der Waals surface area contributed by atoms with Gasteiger partial charge in [-0.15, -0.1) is 11.3 Å². The second kappa shape index (κ2) is 8.13. The first-order valence-corrected chi connectivity index (χ1v) is 16.0. The van der Waals surface area contributed by atoms with Gasteiger partial charge in [-0.3, -0.25) is 0 Å². The van der Waals surface area contributed by atoms with Crippen LogP contribution in [0.2, 0.25) is 0 Å².